The number of nitrogens with one attached hydrogen (secondary N) is 2. The summed E-state index contributed by atoms with van der Waals surface area (Å²) in [6.45, 7) is 63.8. The van der Waals surface area contributed by atoms with Crippen molar-refractivity contribution in [3.8, 4) is 0 Å². The first-order chi connectivity index (χ1) is 37.3. The lowest BCUT2D eigenvalue weighted by molar-refractivity contribution is 0.424. The van der Waals surface area contributed by atoms with Crippen molar-refractivity contribution in [1.82, 2.24) is 49.9 Å². The molecule has 0 radical (unpaired) electrons. The molecule has 13 heteroatoms. The summed E-state index contributed by atoms with van der Waals surface area (Å²) in [5.74, 6) is 0. The minimum atomic E-state index is 0.500. The Labute approximate surface area is 496 Å². The molecule has 0 saturated heterocycles. The summed E-state index contributed by atoms with van der Waals surface area (Å²) in [5.41, 5.74) is 7.95. The summed E-state index contributed by atoms with van der Waals surface area (Å²) in [4.78, 5) is 0. The molecule has 80 heavy (non-hydrogen) atoms. The topological polar surface area (TPSA) is 148 Å². The number of rotatable bonds is 0. The van der Waals surface area contributed by atoms with Gasteiger partial charge < -0.3 is 4.52 Å². The van der Waals surface area contributed by atoms with Gasteiger partial charge in [-0.1, -0.05) is 285 Å². The van der Waals surface area contributed by atoms with Gasteiger partial charge in [-0.15, -0.1) is 10.2 Å². The molecule has 5 aromatic carbocycles. The third-order valence-electron chi connectivity index (χ3n) is 6.14. The van der Waals surface area contributed by atoms with E-state index < -0.39 is 0 Å². The van der Waals surface area contributed by atoms with Crippen molar-refractivity contribution in [1.29, 1.82) is 0 Å². The molecule has 0 atom stereocenters. The molecule has 0 amide bonds. The van der Waals surface area contributed by atoms with Crippen molar-refractivity contribution in [2.24, 2.45) is 27.1 Å². The zero-order valence-corrected chi connectivity index (χ0v) is 57.6. The number of benzene rings is 5. The minimum absolute atomic E-state index is 0.500. The Morgan fingerprint density at radius 2 is 0.725 bits per heavy atom. The lowest BCUT2D eigenvalue weighted by Crippen LogP contribution is -1.93. The maximum Gasteiger partial charge on any atom is 0.187 e. The van der Waals surface area contributed by atoms with Crippen LogP contribution in [0.4, 0.5) is 0 Å². The van der Waals surface area contributed by atoms with Gasteiger partial charge in [0.2, 0.25) is 0 Å². The van der Waals surface area contributed by atoms with Gasteiger partial charge in [-0.25, -0.2) is 0 Å². The van der Waals surface area contributed by atoms with Crippen LogP contribution in [0.3, 0.4) is 0 Å². The monoisotopic (exact) mass is 1140 g/mol. The van der Waals surface area contributed by atoms with Crippen molar-refractivity contribution in [3.05, 3.63) is 134 Å². The Hall–Kier alpha value is -5.92. The second-order valence-corrected chi connectivity index (χ2v) is 25.7. The maximum atomic E-state index is 4.76. The van der Waals surface area contributed by atoms with Crippen LogP contribution in [0.5, 0.6) is 0 Å². The van der Waals surface area contributed by atoms with E-state index >= 15 is 0 Å². The highest BCUT2D eigenvalue weighted by molar-refractivity contribution is 7.13. The summed E-state index contributed by atoms with van der Waals surface area (Å²) in [6.07, 6.45) is 3.70. The maximum absolute atomic E-state index is 4.76. The van der Waals surface area contributed by atoms with Crippen LogP contribution < -0.4 is 0 Å². The fraction of sp³-hybridized carbons (Fsp3) is 0.522. The zero-order chi connectivity index (χ0) is 63.0. The highest BCUT2D eigenvalue weighted by Gasteiger charge is 1.99. The van der Waals surface area contributed by atoms with Gasteiger partial charge in [0.05, 0.1) is 21.1 Å². The number of hydrogen-bond acceptors (Lipinski definition) is 11. The Bertz CT molecular complexity index is 2210. The highest BCUT2D eigenvalue weighted by atomic mass is 32.1. The molecule has 5 heterocycles. The van der Waals surface area contributed by atoms with E-state index in [-0.39, 0.29) is 0 Å². The Kier molecular flexibility index (Phi) is 49.6. The fourth-order valence-electron chi connectivity index (χ4n) is 3.93. The molecule has 0 aliphatic heterocycles. The SMILES string of the molecule is CC.CC.CC.CC.CC.CC(C)(C)C.CC(C)(C)C.CC(C)(C)C.CC(C)(C)C.CC(C)(C)C.c1ccc2[nH]ncc2c1.c1ccc2n[nH]nc2c1.c1ccc2onnc2c1.c1ccc2sncc2c1.c1ccc2snnc2c1. The first kappa shape index (κ1) is 82.9. The molecule has 10 aromatic rings. The number of para-hydroxylation sites is 4. The van der Waals surface area contributed by atoms with E-state index in [1.165, 1.54) is 33.2 Å². The third kappa shape index (κ3) is 58.2. The van der Waals surface area contributed by atoms with E-state index in [0.29, 0.717) is 27.1 Å². The molecule has 0 aliphatic carbocycles. The second kappa shape index (κ2) is 47.8. The van der Waals surface area contributed by atoms with Crippen molar-refractivity contribution in [3.63, 3.8) is 0 Å². The number of aromatic nitrogens is 10. The first-order valence-corrected chi connectivity index (χ1v) is 30.2. The standard InChI is InChI=1S/C7H6N2.C7H5NS.C6H5N3.C6H4N2O.C6H4N2S.5C5H12.5C2H6/c2*1-2-4-7-6(3-1)5-8-9-7;1-2-4-6-5(3-1)7-9-8-6;2*1-2-4-6-5(3-1)7-8-9-6;5*1-5(2,3)4;5*1-2/h1-5H,(H,8,9);1-5H;1-4H,(H,7,8,9);2*1-4H;5*1-4H3;5*1-2H3. The van der Waals surface area contributed by atoms with Crippen molar-refractivity contribution in [2.45, 2.75) is 208 Å². The predicted molar refractivity (Wildman–Crippen MR) is 361 cm³/mol. The third-order valence-corrected chi connectivity index (χ3v) is 7.62. The number of fused-ring (bicyclic) bond motifs is 5. The Morgan fingerprint density at radius 1 is 0.362 bits per heavy atom. The summed E-state index contributed by atoms with van der Waals surface area (Å²) < 4.78 is 15.0. The van der Waals surface area contributed by atoms with Gasteiger partial charge in [0.1, 0.15) is 22.1 Å². The Morgan fingerprint density at radius 3 is 1.14 bits per heavy atom. The molecule has 0 bridgehead atoms. The van der Waals surface area contributed by atoms with Crippen molar-refractivity contribution < 1.29 is 4.52 Å². The summed E-state index contributed by atoms with van der Waals surface area (Å²) in [5, 5.41) is 30.4. The lowest BCUT2D eigenvalue weighted by atomic mass is 10.0. The van der Waals surface area contributed by atoms with Gasteiger partial charge in [0.25, 0.3) is 0 Å². The molecule has 11 nitrogen and oxygen atoms in total. The summed E-state index contributed by atoms with van der Waals surface area (Å²) in [6, 6.07) is 39.3. The van der Waals surface area contributed by atoms with Crippen LogP contribution >= 0.6 is 23.1 Å². The molecule has 5 aromatic heterocycles. The van der Waals surface area contributed by atoms with Gasteiger partial charge in [0, 0.05) is 22.2 Å². The number of aromatic amines is 2. The number of nitrogens with zero attached hydrogens (tertiary/aromatic N) is 8. The lowest BCUT2D eigenvalue weighted by Gasteiger charge is -2.05. The van der Waals surface area contributed by atoms with Gasteiger partial charge in [-0.05, 0) is 98.7 Å². The summed E-state index contributed by atoms with van der Waals surface area (Å²) >= 11 is 2.96. The Balaban J connectivity index is -0.000000259. The molecular formula is C67H114N10OS2. The van der Waals surface area contributed by atoms with Gasteiger partial charge in [0.15, 0.2) is 5.58 Å². The van der Waals surface area contributed by atoms with Gasteiger partial charge >= 0.3 is 0 Å². The van der Waals surface area contributed by atoms with Crippen molar-refractivity contribution >= 4 is 76.4 Å². The molecule has 0 saturated carbocycles. The van der Waals surface area contributed by atoms with Crippen LogP contribution in [-0.4, -0.2) is 49.9 Å². The second-order valence-electron chi connectivity index (χ2n) is 24.1. The molecule has 0 unspecified atom stereocenters. The van der Waals surface area contributed by atoms with Crippen LogP contribution in [0.15, 0.2) is 138 Å². The van der Waals surface area contributed by atoms with Crippen LogP contribution in [0, 0.1) is 27.1 Å². The first-order valence-electron chi connectivity index (χ1n) is 28.6. The van der Waals surface area contributed by atoms with E-state index in [9.17, 15) is 0 Å². The summed E-state index contributed by atoms with van der Waals surface area (Å²) in [7, 11) is 0. The van der Waals surface area contributed by atoms with Gasteiger partial charge in [-0.3, -0.25) is 5.10 Å². The van der Waals surface area contributed by atoms with E-state index in [1.807, 2.05) is 191 Å². The van der Waals surface area contributed by atoms with Crippen LogP contribution in [-0.2, 0) is 0 Å². The average molecular weight is 1140 g/mol. The molecule has 0 fully saturated rings. The molecule has 0 spiro atoms. The van der Waals surface area contributed by atoms with Crippen LogP contribution in [0.2, 0.25) is 0 Å². The van der Waals surface area contributed by atoms with E-state index in [2.05, 4.69) is 201 Å². The average Bonchev–Trinajstić information content (AvgIpc) is 4.26. The number of hydrogen-bond donors (Lipinski definition) is 2. The van der Waals surface area contributed by atoms with E-state index in [1.54, 1.807) is 0 Å². The zero-order valence-electron chi connectivity index (χ0n) is 56.0. The molecular weight excluding hydrogens is 1020 g/mol. The van der Waals surface area contributed by atoms with Crippen LogP contribution in [0.25, 0.3) is 53.3 Å². The fourth-order valence-corrected chi connectivity index (χ4v) is 5.13. The van der Waals surface area contributed by atoms with Crippen LogP contribution in [0.1, 0.15) is 208 Å². The highest BCUT2D eigenvalue weighted by Crippen LogP contribution is 2.16. The minimum Gasteiger partial charge on any atom is -0.337 e. The normalized spacial score (nSPS) is 9.88. The smallest absolute Gasteiger partial charge is 0.187 e. The largest absolute Gasteiger partial charge is 0.337 e. The molecule has 2 N–H and O–H groups in total. The number of H-pyrrole nitrogens is 2. The van der Waals surface area contributed by atoms with E-state index in [0.717, 1.165) is 43.3 Å². The van der Waals surface area contributed by atoms with Gasteiger partial charge in [-0.2, -0.15) is 24.9 Å². The molecule has 0 aliphatic rings. The quantitative estimate of drug-likeness (QED) is 0.151. The predicted octanol–water partition coefficient (Wildman–Crippen LogP) is 23.1. The van der Waals surface area contributed by atoms with E-state index in [4.69, 9.17) is 4.52 Å². The molecule has 450 valence electrons. The van der Waals surface area contributed by atoms with Crippen molar-refractivity contribution in [2.75, 3.05) is 0 Å². The molecule has 10 rings (SSSR count).